The fourth-order valence-electron chi connectivity index (χ4n) is 3.30. The molecule has 1 aromatic carbocycles. The third-order valence-electron chi connectivity index (χ3n) is 4.83. The molecule has 0 bridgehead atoms. The summed E-state index contributed by atoms with van der Waals surface area (Å²) < 4.78 is 32.2. The molecule has 0 aliphatic carbocycles. The van der Waals surface area contributed by atoms with Crippen LogP contribution in [0.3, 0.4) is 0 Å². The van der Waals surface area contributed by atoms with Gasteiger partial charge in [0.2, 0.25) is 15.9 Å². The Hall–Kier alpha value is -1.94. The average Bonchev–Trinajstić information content (AvgIpc) is 3.08. The van der Waals surface area contributed by atoms with Crippen LogP contribution in [0.25, 0.3) is 0 Å². The average molecular weight is 471 g/mol. The van der Waals surface area contributed by atoms with Crippen molar-refractivity contribution in [2.24, 2.45) is 5.92 Å². The number of nitrogens with zero attached hydrogens (tertiary/aromatic N) is 1. The molecule has 1 aliphatic heterocycles. The van der Waals surface area contributed by atoms with Gasteiger partial charge in [0.25, 0.3) is 0 Å². The molecule has 2 heterocycles. The van der Waals surface area contributed by atoms with Gasteiger partial charge >= 0.3 is 5.97 Å². The minimum atomic E-state index is -3.70. The molecular formula is C20H23ClN2O5S2. The lowest BCUT2D eigenvalue weighted by molar-refractivity contribution is -0.120. The van der Waals surface area contributed by atoms with E-state index in [0.29, 0.717) is 34.3 Å². The maximum absolute atomic E-state index is 12.9. The molecule has 1 fully saturated rings. The molecule has 1 unspecified atom stereocenters. The van der Waals surface area contributed by atoms with E-state index >= 15 is 0 Å². The standard InChI is InChI=1S/C20H23ClN2O5S2/c1-3-28-20(25)18-13(2)11-17(29-18)22-19(24)14-5-4-10-23(12-14)30(26,27)16-8-6-15(21)7-9-16/h6-9,11,14H,3-5,10,12H2,1-2H3,(H,22,24). The van der Waals surface area contributed by atoms with Gasteiger partial charge in [-0.1, -0.05) is 11.6 Å². The Morgan fingerprint density at radius 3 is 2.67 bits per heavy atom. The van der Waals surface area contributed by atoms with Crippen molar-refractivity contribution in [2.75, 3.05) is 25.0 Å². The third kappa shape index (κ3) is 5.03. The minimum Gasteiger partial charge on any atom is -0.462 e. The Morgan fingerprint density at radius 1 is 1.30 bits per heavy atom. The second-order valence-electron chi connectivity index (χ2n) is 6.99. The van der Waals surface area contributed by atoms with Crippen molar-refractivity contribution in [3.63, 3.8) is 0 Å². The number of halogens is 1. The van der Waals surface area contributed by atoms with Gasteiger partial charge in [0, 0.05) is 18.1 Å². The molecule has 0 saturated carbocycles. The molecule has 3 rings (SSSR count). The van der Waals surface area contributed by atoms with Crippen molar-refractivity contribution < 1.29 is 22.7 Å². The van der Waals surface area contributed by atoms with Gasteiger partial charge in [-0.2, -0.15) is 4.31 Å². The summed E-state index contributed by atoms with van der Waals surface area (Å²) in [4.78, 5) is 25.3. The molecule has 1 aliphatic rings. The molecule has 1 N–H and O–H groups in total. The monoisotopic (exact) mass is 470 g/mol. The largest absolute Gasteiger partial charge is 0.462 e. The molecule has 0 radical (unpaired) electrons. The first-order valence-corrected chi connectivity index (χ1v) is 12.2. The van der Waals surface area contributed by atoms with Crippen LogP contribution in [0.4, 0.5) is 5.00 Å². The van der Waals surface area contributed by atoms with Crippen LogP contribution >= 0.6 is 22.9 Å². The predicted octanol–water partition coefficient (Wildman–Crippen LogP) is 3.93. The van der Waals surface area contributed by atoms with Crippen LogP contribution in [-0.2, 0) is 19.6 Å². The molecule has 2 aromatic rings. The van der Waals surface area contributed by atoms with Crippen molar-refractivity contribution in [3.8, 4) is 0 Å². The number of hydrogen-bond acceptors (Lipinski definition) is 6. The number of sulfonamides is 1. The van der Waals surface area contributed by atoms with Crippen molar-refractivity contribution in [3.05, 3.63) is 45.8 Å². The first-order chi connectivity index (χ1) is 14.2. The van der Waals surface area contributed by atoms with Crippen LogP contribution in [0.15, 0.2) is 35.2 Å². The first kappa shape index (κ1) is 22.7. The van der Waals surface area contributed by atoms with Gasteiger partial charge in [0.15, 0.2) is 0 Å². The van der Waals surface area contributed by atoms with Crippen molar-refractivity contribution in [1.82, 2.24) is 4.31 Å². The fraction of sp³-hybridized carbons (Fsp3) is 0.400. The highest BCUT2D eigenvalue weighted by atomic mass is 35.5. The Balaban J connectivity index is 1.69. The Labute approximate surface area is 185 Å². The van der Waals surface area contributed by atoms with Crippen LogP contribution in [-0.4, -0.2) is 44.3 Å². The number of benzene rings is 1. The molecule has 30 heavy (non-hydrogen) atoms. The fourth-order valence-corrected chi connectivity index (χ4v) is 5.92. The molecule has 1 saturated heterocycles. The van der Waals surface area contributed by atoms with Crippen molar-refractivity contribution in [1.29, 1.82) is 0 Å². The first-order valence-electron chi connectivity index (χ1n) is 9.56. The highest BCUT2D eigenvalue weighted by Gasteiger charge is 2.33. The van der Waals surface area contributed by atoms with E-state index in [9.17, 15) is 18.0 Å². The molecule has 0 spiro atoms. The zero-order chi connectivity index (χ0) is 21.9. The van der Waals surface area contributed by atoms with Gasteiger partial charge < -0.3 is 10.1 Å². The second kappa shape index (κ2) is 9.47. The van der Waals surface area contributed by atoms with E-state index in [-0.39, 0.29) is 24.0 Å². The van der Waals surface area contributed by atoms with Crippen LogP contribution in [0.2, 0.25) is 5.02 Å². The van der Waals surface area contributed by atoms with Crippen LogP contribution in [0.1, 0.15) is 35.0 Å². The molecule has 1 aromatic heterocycles. The maximum atomic E-state index is 12.9. The number of amides is 1. The van der Waals surface area contributed by atoms with Crippen LogP contribution in [0, 0.1) is 12.8 Å². The van der Waals surface area contributed by atoms with E-state index in [0.717, 1.165) is 16.9 Å². The number of carbonyl (C=O) groups excluding carboxylic acids is 2. The summed E-state index contributed by atoms with van der Waals surface area (Å²) in [5, 5.41) is 3.82. The maximum Gasteiger partial charge on any atom is 0.348 e. The summed E-state index contributed by atoms with van der Waals surface area (Å²) in [5.74, 6) is -1.16. The molecule has 162 valence electrons. The van der Waals surface area contributed by atoms with Crippen molar-refractivity contribution >= 4 is 49.8 Å². The lowest BCUT2D eigenvalue weighted by Gasteiger charge is -2.31. The van der Waals surface area contributed by atoms with Gasteiger partial charge in [0.1, 0.15) is 4.88 Å². The Kier molecular flexibility index (Phi) is 7.18. The predicted molar refractivity (Wildman–Crippen MR) is 117 cm³/mol. The summed E-state index contributed by atoms with van der Waals surface area (Å²) in [6, 6.07) is 7.71. The second-order valence-corrected chi connectivity index (χ2v) is 10.4. The topological polar surface area (TPSA) is 92.8 Å². The molecule has 1 amide bonds. The smallest absolute Gasteiger partial charge is 0.348 e. The quantitative estimate of drug-likeness (QED) is 0.646. The number of hydrogen-bond donors (Lipinski definition) is 1. The van der Waals surface area contributed by atoms with E-state index in [1.807, 2.05) is 0 Å². The van der Waals surface area contributed by atoms with E-state index in [2.05, 4.69) is 5.32 Å². The van der Waals surface area contributed by atoms with Gasteiger partial charge in [0.05, 0.1) is 22.4 Å². The van der Waals surface area contributed by atoms with E-state index in [4.69, 9.17) is 16.3 Å². The summed E-state index contributed by atoms with van der Waals surface area (Å²) in [6.45, 7) is 4.25. The number of anilines is 1. The highest BCUT2D eigenvalue weighted by Crippen LogP contribution is 2.30. The number of aryl methyl sites for hydroxylation is 1. The lowest BCUT2D eigenvalue weighted by Crippen LogP contribution is -2.43. The minimum absolute atomic E-state index is 0.103. The molecule has 1 atom stereocenters. The zero-order valence-corrected chi connectivity index (χ0v) is 19.1. The summed E-state index contributed by atoms with van der Waals surface area (Å²) >= 11 is 7.00. The Morgan fingerprint density at radius 2 is 2.00 bits per heavy atom. The van der Waals surface area contributed by atoms with E-state index in [1.165, 1.54) is 28.6 Å². The number of carbonyl (C=O) groups is 2. The lowest BCUT2D eigenvalue weighted by atomic mass is 9.99. The Bertz CT molecular complexity index is 1030. The molecular weight excluding hydrogens is 448 g/mol. The van der Waals surface area contributed by atoms with Crippen molar-refractivity contribution in [2.45, 2.75) is 31.6 Å². The van der Waals surface area contributed by atoms with Gasteiger partial charge in [-0.15, -0.1) is 11.3 Å². The number of piperidine rings is 1. The summed E-state index contributed by atoms with van der Waals surface area (Å²) in [6.07, 6.45) is 1.18. The molecule has 7 nitrogen and oxygen atoms in total. The summed E-state index contributed by atoms with van der Waals surface area (Å²) in [5.41, 5.74) is 0.726. The van der Waals surface area contributed by atoms with Crippen LogP contribution < -0.4 is 5.32 Å². The van der Waals surface area contributed by atoms with Crippen LogP contribution in [0.5, 0.6) is 0 Å². The third-order valence-corrected chi connectivity index (χ3v) is 8.10. The number of ether oxygens (including phenoxy) is 1. The SMILES string of the molecule is CCOC(=O)c1sc(NC(=O)C2CCCN(S(=O)(=O)c3ccc(Cl)cc3)C2)cc1C. The van der Waals surface area contributed by atoms with Gasteiger partial charge in [-0.25, -0.2) is 13.2 Å². The number of rotatable bonds is 6. The van der Waals surface area contributed by atoms with E-state index < -0.39 is 21.9 Å². The number of thiophene rings is 1. The number of nitrogens with one attached hydrogen (secondary N) is 1. The molecule has 10 heteroatoms. The normalized spacial score (nSPS) is 17.5. The number of esters is 1. The van der Waals surface area contributed by atoms with E-state index in [1.54, 1.807) is 19.9 Å². The van der Waals surface area contributed by atoms with Gasteiger partial charge in [-0.05, 0) is 62.6 Å². The highest BCUT2D eigenvalue weighted by molar-refractivity contribution is 7.89. The van der Waals surface area contributed by atoms with Gasteiger partial charge in [-0.3, -0.25) is 4.79 Å². The zero-order valence-electron chi connectivity index (χ0n) is 16.7. The summed E-state index contributed by atoms with van der Waals surface area (Å²) in [7, 11) is -3.70.